The van der Waals surface area contributed by atoms with Gasteiger partial charge in [-0.15, -0.1) is 10.2 Å². The summed E-state index contributed by atoms with van der Waals surface area (Å²) in [7, 11) is 0. The molecule has 0 unspecified atom stereocenters. The van der Waals surface area contributed by atoms with Gasteiger partial charge >= 0.3 is 6.09 Å². The van der Waals surface area contributed by atoms with E-state index in [0.29, 0.717) is 17.1 Å². The lowest BCUT2D eigenvalue weighted by molar-refractivity contribution is -0.113. The van der Waals surface area contributed by atoms with Gasteiger partial charge in [0.15, 0.2) is 0 Å². The normalized spacial score (nSPS) is 12.5. The molecular formula is C20H27ClN4O4S. The van der Waals surface area contributed by atoms with Crippen LogP contribution in [0.2, 0.25) is 5.02 Å². The van der Waals surface area contributed by atoms with Gasteiger partial charge in [0.25, 0.3) is 5.22 Å². The third-order valence-corrected chi connectivity index (χ3v) is 4.61. The third-order valence-electron chi connectivity index (χ3n) is 3.55. The molecule has 0 aliphatic heterocycles. The van der Waals surface area contributed by atoms with E-state index in [0.717, 1.165) is 11.8 Å². The number of carbonyl (C=O) groups is 2. The number of aromatic nitrogens is 2. The number of carbonyl (C=O) groups excluding carboxylic acids is 2. The van der Waals surface area contributed by atoms with Gasteiger partial charge in [0.05, 0.1) is 5.75 Å². The molecule has 30 heavy (non-hydrogen) atoms. The van der Waals surface area contributed by atoms with Crippen LogP contribution in [0.1, 0.15) is 53.0 Å². The fraction of sp³-hybridized carbons (Fsp3) is 0.500. The van der Waals surface area contributed by atoms with Crippen molar-refractivity contribution in [3.8, 4) is 0 Å². The molecule has 0 radical (unpaired) electrons. The number of anilines is 1. The molecule has 2 N–H and O–H groups in total. The third kappa shape index (κ3) is 8.62. The Bertz CT molecular complexity index is 866. The monoisotopic (exact) mass is 454 g/mol. The van der Waals surface area contributed by atoms with E-state index in [9.17, 15) is 9.59 Å². The summed E-state index contributed by atoms with van der Waals surface area (Å²) in [6.45, 7) is 9.42. The predicted molar refractivity (Wildman–Crippen MR) is 117 cm³/mol. The van der Waals surface area contributed by atoms with Crippen LogP contribution in [0.15, 0.2) is 33.9 Å². The van der Waals surface area contributed by atoms with E-state index < -0.39 is 17.7 Å². The van der Waals surface area contributed by atoms with E-state index in [1.54, 1.807) is 45.0 Å². The van der Waals surface area contributed by atoms with Crippen LogP contribution in [0.3, 0.4) is 0 Å². The summed E-state index contributed by atoms with van der Waals surface area (Å²) < 4.78 is 11.0. The van der Waals surface area contributed by atoms with Crippen LogP contribution in [-0.2, 0) is 9.53 Å². The molecule has 0 saturated heterocycles. The predicted octanol–water partition coefficient (Wildman–Crippen LogP) is 5.07. The van der Waals surface area contributed by atoms with E-state index in [1.807, 2.05) is 13.8 Å². The molecule has 164 valence electrons. The Labute approximate surface area is 185 Å². The standard InChI is InChI=1S/C20H27ClN4O4S/c1-12(2)9-15(23-18(27)29-20(3,4)5)17-24-25-19(28-17)30-11-16(26)22-14-8-6-7-13(21)10-14/h6-8,10,12,15H,9,11H2,1-5H3,(H,22,26)(H,23,27)/t15-/m1/s1. The van der Waals surface area contributed by atoms with Gasteiger partial charge in [-0.3, -0.25) is 4.79 Å². The Morgan fingerprint density at radius 2 is 2.00 bits per heavy atom. The van der Waals surface area contributed by atoms with Gasteiger partial charge in [0.1, 0.15) is 11.6 Å². The van der Waals surface area contributed by atoms with E-state index in [2.05, 4.69) is 20.8 Å². The zero-order valence-corrected chi connectivity index (χ0v) is 19.3. The quantitative estimate of drug-likeness (QED) is 0.536. The molecule has 10 heteroatoms. The van der Waals surface area contributed by atoms with Gasteiger partial charge in [0.2, 0.25) is 11.8 Å². The molecule has 2 amide bonds. The van der Waals surface area contributed by atoms with Crippen molar-refractivity contribution in [1.82, 2.24) is 15.5 Å². The van der Waals surface area contributed by atoms with E-state index in [1.165, 1.54) is 0 Å². The number of hydrogen-bond acceptors (Lipinski definition) is 7. The fourth-order valence-corrected chi connectivity index (χ4v) is 3.21. The lowest BCUT2D eigenvalue weighted by Crippen LogP contribution is -2.35. The molecule has 1 heterocycles. The number of alkyl carbamates (subject to hydrolysis) is 1. The maximum Gasteiger partial charge on any atom is 0.408 e. The maximum atomic E-state index is 12.2. The molecule has 0 spiro atoms. The van der Waals surface area contributed by atoms with Crippen molar-refractivity contribution in [2.24, 2.45) is 5.92 Å². The van der Waals surface area contributed by atoms with Crippen molar-refractivity contribution in [3.05, 3.63) is 35.2 Å². The van der Waals surface area contributed by atoms with Gasteiger partial charge in [0, 0.05) is 10.7 Å². The number of nitrogens with one attached hydrogen (secondary N) is 2. The van der Waals surface area contributed by atoms with Crippen LogP contribution < -0.4 is 10.6 Å². The minimum absolute atomic E-state index is 0.0858. The van der Waals surface area contributed by atoms with Crippen LogP contribution in [0.25, 0.3) is 0 Å². The molecule has 2 aromatic rings. The molecule has 2 rings (SSSR count). The molecule has 1 aromatic heterocycles. The highest BCUT2D eigenvalue weighted by Crippen LogP contribution is 2.25. The Morgan fingerprint density at radius 1 is 1.27 bits per heavy atom. The average molecular weight is 455 g/mol. The minimum Gasteiger partial charge on any atom is -0.444 e. The molecule has 8 nitrogen and oxygen atoms in total. The van der Waals surface area contributed by atoms with Crippen LogP contribution in [0.5, 0.6) is 0 Å². The summed E-state index contributed by atoms with van der Waals surface area (Å²) in [6, 6.07) is 6.40. The Hall–Kier alpha value is -2.26. The number of benzene rings is 1. The second kappa shape index (κ2) is 10.7. The topological polar surface area (TPSA) is 106 Å². The summed E-state index contributed by atoms with van der Waals surface area (Å²) in [4.78, 5) is 24.3. The van der Waals surface area contributed by atoms with Crippen molar-refractivity contribution < 1.29 is 18.7 Å². The first-order chi connectivity index (χ1) is 14.0. The number of hydrogen-bond donors (Lipinski definition) is 2. The summed E-state index contributed by atoms with van der Waals surface area (Å²) >= 11 is 7.02. The van der Waals surface area contributed by atoms with Crippen LogP contribution >= 0.6 is 23.4 Å². The van der Waals surface area contributed by atoms with Gasteiger partial charge in [-0.25, -0.2) is 4.79 Å². The second-order valence-corrected chi connectivity index (χ2v) is 9.44. The van der Waals surface area contributed by atoms with Crippen molar-refractivity contribution in [2.75, 3.05) is 11.1 Å². The maximum absolute atomic E-state index is 12.2. The molecule has 0 bridgehead atoms. The van der Waals surface area contributed by atoms with Gasteiger partial charge in [-0.05, 0) is 51.3 Å². The number of halogens is 1. The summed E-state index contributed by atoms with van der Waals surface area (Å²) in [5.41, 5.74) is -0.00329. The second-order valence-electron chi connectivity index (χ2n) is 8.08. The number of amides is 2. The van der Waals surface area contributed by atoms with Gasteiger partial charge in [-0.2, -0.15) is 0 Å². The van der Waals surface area contributed by atoms with Crippen LogP contribution in [0.4, 0.5) is 10.5 Å². The van der Waals surface area contributed by atoms with Crippen LogP contribution in [0, 0.1) is 5.92 Å². The SMILES string of the molecule is CC(C)C[C@@H](NC(=O)OC(C)(C)C)c1nnc(SCC(=O)Nc2cccc(Cl)c2)o1. The number of nitrogens with zero attached hydrogens (tertiary/aromatic N) is 2. The van der Waals surface area contributed by atoms with Crippen molar-refractivity contribution in [3.63, 3.8) is 0 Å². The first-order valence-electron chi connectivity index (χ1n) is 9.53. The Kier molecular flexibility index (Phi) is 8.54. The molecule has 1 atom stereocenters. The van der Waals surface area contributed by atoms with Crippen molar-refractivity contribution in [1.29, 1.82) is 0 Å². The van der Waals surface area contributed by atoms with E-state index in [4.69, 9.17) is 20.8 Å². The fourth-order valence-electron chi connectivity index (χ4n) is 2.45. The molecule has 0 aliphatic rings. The first-order valence-corrected chi connectivity index (χ1v) is 10.9. The highest BCUT2D eigenvalue weighted by atomic mass is 35.5. The largest absolute Gasteiger partial charge is 0.444 e. The first kappa shape index (κ1) is 24.0. The lowest BCUT2D eigenvalue weighted by atomic mass is 10.0. The number of ether oxygens (including phenoxy) is 1. The van der Waals surface area contributed by atoms with Crippen LogP contribution in [-0.4, -0.2) is 33.6 Å². The van der Waals surface area contributed by atoms with Gasteiger partial charge in [-0.1, -0.05) is 43.3 Å². The zero-order valence-electron chi connectivity index (χ0n) is 17.7. The van der Waals surface area contributed by atoms with Gasteiger partial charge < -0.3 is 19.8 Å². The molecule has 1 aromatic carbocycles. The summed E-state index contributed by atoms with van der Waals surface area (Å²) in [5.74, 6) is 0.402. The lowest BCUT2D eigenvalue weighted by Gasteiger charge is -2.22. The van der Waals surface area contributed by atoms with Crippen molar-refractivity contribution >= 4 is 41.1 Å². The van der Waals surface area contributed by atoms with Crippen molar-refractivity contribution in [2.45, 2.75) is 57.9 Å². The highest BCUT2D eigenvalue weighted by molar-refractivity contribution is 7.99. The molecule has 0 fully saturated rings. The smallest absolute Gasteiger partial charge is 0.408 e. The Balaban J connectivity index is 1.95. The van der Waals surface area contributed by atoms with E-state index >= 15 is 0 Å². The molecular weight excluding hydrogens is 428 g/mol. The molecule has 0 aliphatic carbocycles. The summed E-state index contributed by atoms with van der Waals surface area (Å²) in [6.07, 6.45) is 0.0438. The molecule has 0 saturated carbocycles. The highest BCUT2D eigenvalue weighted by Gasteiger charge is 2.25. The number of thioether (sulfide) groups is 1. The van der Waals surface area contributed by atoms with E-state index in [-0.39, 0.29) is 28.7 Å². The number of rotatable bonds is 8. The average Bonchev–Trinajstić information content (AvgIpc) is 3.06. The summed E-state index contributed by atoms with van der Waals surface area (Å²) in [5, 5.41) is 14.3. The minimum atomic E-state index is -0.612. The zero-order chi connectivity index (χ0) is 22.3. The Morgan fingerprint density at radius 3 is 2.63 bits per heavy atom.